The highest BCUT2D eigenvalue weighted by Gasteiger charge is 2.54. The van der Waals surface area contributed by atoms with Crippen molar-refractivity contribution < 1.29 is 14.3 Å². The summed E-state index contributed by atoms with van der Waals surface area (Å²) >= 11 is 0. The number of carbonyl (C=O) groups is 1. The van der Waals surface area contributed by atoms with Crippen LogP contribution in [-0.2, 0) is 14.3 Å². The Morgan fingerprint density at radius 3 is 2.48 bits per heavy atom. The molecule has 0 heterocycles. The molecular formula is C16H30N2O3. The maximum Gasteiger partial charge on any atom is 0.327 e. The molecule has 0 bridgehead atoms. The first-order valence-electron chi connectivity index (χ1n) is 8.32. The van der Waals surface area contributed by atoms with Crippen LogP contribution in [0.15, 0.2) is 0 Å². The average Bonchev–Trinajstić information content (AvgIpc) is 3.35. The average molecular weight is 298 g/mol. The van der Waals surface area contributed by atoms with Crippen LogP contribution in [0, 0.1) is 5.92 Å². The van der Waals surface area contributed by atoms with E-state index in [-0.39, 0.29) is 5.97 Å². The van der Waals surface area contributed by atoms with E-state index in [1.54, 1.807) is 7.11 Å². The standard InChI is InChI=1S/C16H30N2O3/c1-4-18(10-11-20-3)12-16(13-6-7-13,15(19)21-5-2)17-14-8-9-14/h13-14,17H,4-12H2,1-3H3. The van der Waals surface area contributed by atoms with E-state index < -0.39 is 5.54 Å². The van der Waals surface area contributed by atoms with Crippen molar-refractivity contribution in [2.75, 3.05) is 40.0 Å². The van der Waals surface area contributed by atoms with E-state index in [1.165, 1.54) is 12.8 Å². The molecule has 21 heavy (non-hydrogen) atoms. The highest BCUT2D eigenvalue weighted by molar-refractivity contribution is 5.82. The molecule has 1 unspecified atom stereocenters. The van der Waals surface area contributed by atoms with Gasteiger partial charge >= 0.3 is 5.97 Å². The molecule has 5 heteroatoms. The molecular weight excluding hydrogens is 268 g/mol. The van der Waals surface area contributed by atoms with Crippen molar-refractivity contribution in [2.24, 2.45) is 5.92 Å². The van der Waals surface area contributed by atoms with Gasteiger partial charge in [0.15, 0.2) is 0 Å². The third-order valence-corrected chi connectivity index (χ3v) is 4.48. The molecule has 0 radical (unpaired) electrons. The zero-order valence-electron chi connectivity index (χ0n) is 13.7. The summed E-state index contributed by atoms with van der Waals surface area (Å²) in [5.74, 6) is 0.365. The summed E-state index contributed by atoms with van der Waals surface area (Å²) in [6, 6.07) is 0.496. The van der Waals surface area contributed by atoms with Crippen LogP contribution in [0.2, 0.25) is 0 Å². The topological polar surface area (TPSA) is 50.8 Å². The van der Waals surface area contributed by atoms with E-state index in [9.17, 15) is 4.79 Å². The second kappa shape index (κ2) is 7.56. The molecule has 0 aromatic carbocycles. The molecule has 0 spiro atoms. The molecule has 0 amide bonds. The molecule has 0 aromatic rings. The highest BCUT2D eigenvalue weighted by Crippen LogP contribution is 2.43. The largest absolute Gasteiger partial charge is 0.465 e. The van der Waals surface area contributed by atoms with Crippen LogP contribution in [0.1, 0.15) is 39.5 Å². The van der Waals surface area contributed by atoms with Crippen molar-refractivity contribution in [3.05, 3.63) is 0 Å². The summed E-state index contributed by atoms with van der Waals surface area (Å²) < 4.78 is 10.6. The van der Waals surface area contributed by atoms with Crippen LogP contribution >= 0.6 is 0 Å². The molecule has 2 fully saturated rings. The Kier molecular flexibility index (Phi) is 6.02. The number of rotatable bonds is 11. The van der Waals surface area contributed by atoms with Gasteiger partial charge in [0.2, 0.25) is 0 Å². The first kappa shape index (κ1) is 16.7. The molecule has 2 saturated carbocycles. The van der Waals surface area contributed by atoms with Gasteiger partial charge in [-0.1, -0.05) is 6.92 Å². The fourth-order valence-electron chi connectivity index (χ4n) is 2.93. The van der Waals surface area contributed by atoms with Crippen LogP contribution in [0.4, 0.5) is 0 Å². The number of nitrogens with one attached hydrogen (secondary N) is 1. The summed E-state index contributed by atoms with van der Waals surface area (Å²) in [5.41, 5.74) is -0.513. The van der Waals surface area contributed by atoms with E-state index in [2.05, 4.69) is 17.1 Å². The predicted molar refractivity (Wildman–Crippen MR) is 82.2 cm³/mol. The van der Waals surface area contributed by atoms with Gasteiger partial charge in [0.25, 0.3) is 0 Å². The molecule has 0 aliphatic heterocycles. The van der Waals surface area contributed by atoms with Crippen molar-refractivity contribution in [2.45, 2.75) is 51.1 Å². The smallest absolute Gasteiger partial charge is 0.327 e. The monoisotopic (exact) mass is 298 g/mol. The summed E-state index contributed by atoms with van der Waals surface area (Å²) in [6.45, 7) is 7.67. The molecule has 0 aromatic heterocycles. The molecule has 5 nitrogen and oxygen atoms in total. The minimum Gasteiger partial charge on any atom is -0.465 e. The molecule has 0 saturated heterocycles. The summed E-state index contributed by atoms with van der Waals surface area (Å²) in [6.07, 6.45) is 4.61. The lowest BCUT2D eigenvalue weighted by Gasteiger charge is -2.37. The molecule has 2 aliphatic rings. The number of ether oxygens (including phenoxy) is 2. The second-order valence-electron chi connectivity index (χ2n) is 6.25. The lowest BCUT2D eigenvalue weighted by molar-refractivity contribution is -0.153. The van der Waals surface area contributed by atoms with Crippen molar-refractivity contribution in [1.82, 2.24) is 10.2 Å². The second-order valence-corrected chi connectivity index (χ2v) is 6.25. The summed E-state index contributed by atoms with van der Waals surface area (Å²) in [7, 11) is 1.72. The summed E-state index contributed by atoms with van der Waals surface area (Å²) in [5, 5.41) is 3.64. The van der Waals surface area contributed by atoms with Gasteiger partial charge in [0, 0.05) is 26.2 Å². The van der Waals surface area contributed by atoms with Crippen LogP contribution in [-0.4, -0.2) is 62.4 Å². The lowest BCUT2D eigenvalue weighted by atomic mass is 9.91. The zero-order valence-corrected chi connectivity index (χ0v) is 13.7. The summed E-state index contributed by atoms with van der Waals surface area (Å²) in [4.78, 5) is 15.0. The SMILES string of the molecule is CCOC(=O)C(CN(CC)CCOC)(NC1CC1)C1CC1. The minimum atomic E-state index is -0.513. The maximum absolute atomic E-state index is 12.7. The van der Waals surface area contributed by atoms with Crippen LogP contribution in [0.3, 0.4) is 0 Å². The van der Waals surface area contributed by atoms with E-state index >= 15 is 0 Å². The fourth-order valence-corrected chi connectivity index (χ4v) is 2.93. The number of likely N-dealkylation sites (N-methyl/N-ethyl adjacent to an activating group) is 1. The highest BCUT2D eigenvalue weighted by atomic mass is 16.5. The van der Waals surface area contributed by atoms with Gasteiger partial charge in [-0.25, -0.2) is 4.79 Å². The van der Waals surface area contributed by atoms with Gasteiger partial charge in [0.05, 0.1) is 13.2 Å². The molecule has 1 N–H and O–H groups in total. The fraction of sp³-hybridized carbons (Fsp3) is 0.938. The predicted octanol–water partition coefficient (Wildman–Crippen LogP) is 1.42. The zero-order chi connectivity index (χ0) is 15.3. The van der Waals surface area contributed by atoms with Crippen LogP contribution in [0.5, 0.6) is 0 Å². The molecule has 2 rings (SSSR count). The molecule has 2 aliphatic carbocycles. The van der Waals surface area contributed by atoms with Crippen molar-refractivity contribution >= 4 is 5.97 Å². The van der Waals surface area contributed by atoms with E-state index in [0.717, 1.165) is 32.5 Å². The van der Waals surface area contributed by atoms with E-state index in [4.69, 9.17) is 9.47 Å². The number of nitrogens with zero attached hydrogens (tertiary/aromatic N) is 1. The Hall–Kier alpha value is -0.650. The number of carbonyl (C=O) groups excluding carboxylic acids is 1. The van der Waals surface area contributed by atoms with Gasteiger partial charge in [0.1, 0.15) is 5.54 Å². The molecule has 122 valence electrons. The third kappa shape index (κ3) is 4.41. The maximum atomic E-state index is 12.7. The van der Waals surface area contributed by atoms with Crippen molar-refractivity contribution in [3.8, 4) is 0 Å². The van der Waals surface area contributed by atoms with Crippen molar-refractivity contribution in [3.63, 3.8) is 0 Å². The third-order valence-electron chi connectivity index (χ3n) is 4.48. The van der Waals surface area contributed by atoms with Gasteiger partial charge in [-0.2, -0.15) is 0 Å². The number of hydrogen-bond acceptors (Lipinski definition) is 5. The van der Waals surface area contributed by atoms with Crippen molar-refractivity contribution in [1.29, 1.82) is 0 Å². The van der Waals surface area contributed by atoms with E-state index in [1.807, 2.05) is 6.92 Å². The Balaban J connectivity index is 2.09. The Morgan fingerprint density at radius 1 is 1.29 bits per heavy atom. The van der Waals surface area contributed by atoms with Crippen LogP contribution < -0.4 is 5.32 Å². The van der Waals surface area contributed by atoms with Gasteiger partial charge in [-0.15, -0.1) is 0 Å². The number of esters is 1. The quantitative estimate of drug-likeness (QED) is 0.585. The molecule has 1 atom stereocenters. The normalized spacial score (nSPS) is 21.3. The number of methoxy groups -OCH3 is 1. The van der Waals surface area contributed by atoms with E-state index in [0.29, 0.717) is 25.2 Å². The Morgan fingerprint density at radius 2 is 2.00 bits per heavy atom. The Bertz CT molecular complexity index is 342. The first-order valence-corrected chi connectivity index (χ1v) is 8.32. The number of hydrogen-bond donors (Lipinski definition) is 1. The van der Waals surface area contributed by atoms with Crippen LogP contribution in [0.25, 0.3) is 0 Å². The minimum absolute atomic E-state index is 0.0599. The lowest BCUT2D eigenvalue weighted by Crippen LogP contribution is -2.62. The first-order chi connectivity index (χ1) is 10.2. The Labute approximate surface area is 128 Å². The van der Waals surface area contributed by atoms with Gasteiger partial charge in [-0.3, -0.25) is 10.2 Å². The van der Waals surface area contributed by atoms with Gasteiger partial charge < -0.3 is 9.47 Å². The van der Waals surface area contributed by atoms with Gasteiger partial charge in [-0.05, 0) is 45.1 Å².